The maximum absolute atomic E-state index is 14.2. The molecule has 6 rings (SSSR count). The number of nitrogens with one attached hydrogen (secondary N) is 2. The molecule has 198 valence electrons. The van der Waals surface area contributed by atoms with Gasteiger partial charge < -0.3 is 20.3 Å². The van der Waals surface area contributed by atoms with Crippen molar-refractivity contribution in [2.45, 2.75) is 100 Å². The van der Waals surface area contributed by atoms with E-state index in [1.54, 1.807) is 0 Å². The minimum Gasteiger partial charge on any atom is -0.359 e. The Bertz CT molecular complexity index is 1080. The fraction of sp³-hybridized carbons (Fsp3) is 0.621. The fourth-order valence-electron chi connectivity index (χ4n) is 7.42. The van der Waals surface area contributed by atoms with E-state index in [4.69, 9.17) is 4.74 Å². The summed E-state index contributed by atoms with van der Waals surface area (Å²) in [5.74, 6) is -1.80. The molecule has 0 aromatic heterocycles. The van der Waals surface area contributed by atoms with Crippen LogP contribution in [0.1, 0.15) is 70.6 Å². The van der Waals surface area contributed by atoms with E-state index in [1.165, 1.54) is 6.42 Å². The summed E-state index contributed by atoms with van der Waals surface area (Å²) in [5.41, 5.74) is -0.416. The standard InChI is InChI=1S/C29H36BrN3O4/c30-18-12-14-20(15-13-18)31-26(34)23-22-16-17-29(37-22)24(23)28(36)33(21-10-6-1-2-7-11-21)25(29)27(35)32-19-8-4-3-5-9-19/h12-17,19,21-25H,1-11H2,(H,31,34)(H,32,35)/t22-,23?,24-,25?,29?/m0/s1. The molecule has 7 nitrogen and oxygen atoms in total. The van der Waals surface area contributed by atoms with Crippen molar-refractivity contribution < 1.29 is 19.1 Å². The highest BCUT2D eigenvalue weighted by molar-refractivity contribution is 9.10. The molecule has 1 spiro atoms. The number of fused-ring (bicyclic) bond motifs is 1. The Balaban J connectivity index is 1.32. The highest BCUT2D eigenvalue weighted by Gasteiger charge is 2.73. The van der Waals surface area contributed by atoms with Crippen molar-refractivity contribution >= 4 is 39.3 Å². The third-order valence-corrected chi connectivity index (χ3v) is 9.67. The van der Waals surface area contributed by atoms with E-state index >= 15 is 0 Å². The summed E-state index contributed by atoms with van der Waals surface area (Å²) in [6.07, 6.45) is 14.9. The molecule has 4 fully saturated rings. The summed E-state index contributed by atoms with van der Waals surface area (Å²) < 4.78 is 7.44. The van der Waals surface area contributed by atoms with Crippen molar-refractivity contribution in [2.24, 2.45) is 11.8 Å². The highest BCUT2D eigenvalue weighted by Crippen LogP contribution is 2.56. The molecular weight excluding hydrogens is 534 g/mol. The number of hydrogen-bond donors (Lipinski definition) is 2. The number of carbonyl (C=O) groups excluding carboxylic acids is 3. The number of benzene rings is 1. The second-order valence-corrected chi connectivity index (χ2v) is 12.3. The first-order chi connectivity index (χ1) is 18.0. The van der Waals surface area contributed by atoms with Crippen LogP contribution in [-0.2, 0) is 19.1 Å². The minimum atomic E-state index is -1.09. The quantitative estimate of drug-likeness (QED) is 0.397. The lowest BCUT2D eigenvalue weighted by atomic mass is 9.74. The minimum absolute atomic E-state index is 0.00307. The van der Waals surface area contributed by atoms with Crippen LogP contribution in [0.2, 0.25) is 0 Å². The molecule has 5 aliphatic rings. The number of anilines is 1. The third kappa shape index (κ3) is 4.44. The van der Waals surface area contributed by atoms with Crippen molar-refractivity contribution in [1.29, 1.82) is 0 Å². The van der Waals surface area contributed by atoms with Crippen molar-refractivity contribution in [3.63, 3.8) is 0 Å². The number of likely N-dealkylation sites (tertiary alicyclic amines) is 1. The third-order valence-electron chi connectivity index (χ3n) is 9.14. The normalized spacial score (nSPS) is 33.9. The number of nitrogens with zero attached hydrogens (tertiary/aromatic N) is 1. The molecule has 3 amide bonds. The lowest BCUT2D eigenvalue weighted by Crippen LogP contribution is -2.58. The predicted octanol–water partition coefficient (Wildman–Crippen LogP) is 4.71. The summed E-state index contributed by atoms with van der Waals surface area (Å²) in [6, 6.07) is 6.81. The van der Waals surface area contributed by atoms with Crippen LogP contribution >= 0.6 is 15.9 Å². The number of rotatable bonds is 5. The zero-order chi connectivity index (χ0) is 25.6. The van der Waals surface area contributed by atoms with Crippen molar-refractivity contribution in [3.05, 3.63) is 40.9 Å². The molecule has 1 aromatic rings. The highest BCUT2D eigenvalue weighted by atomic mass is 79.9. The summed E-state index contributed by atoms with van der Waals surface area (Å²) in [4.78, 5) is 43.7. The Morgan fingerprint density at radius 1 is 0.919 bits per heavy atom. The van der Waals surface area contributed by atoms with E-state index in [0.29, 0.717) is 5.69 Å². The second-order valence-electron chi connectivity index (χ2n) is 11.4. The van der Waals surface area contributed by atoms with Gasteiger partial charge in [-0.3, -0.25) is 14.4 Å². The Morgan fingerprint density at radius 2 is 1.57 bits per heavy atom. The molecule has 3 aliphatic heterocycles. The molecule has 2 bridgehead atoms. The Kier molecular flexibility index (Phi) is 6.90. The van der Waals surface area contributed by atoms with Gasteiger partial charge in [-0.25, -0.2) is 0 Å². The maximum atomic E-state index is 14.2. The van der Waals surface area contributed by atoms with Gasteiger partial charge in [0, 0.05) is 22.2 Å². The monoisotopic (exact) mass is 569 g/mol. The van der Waals surface area contributed by atoms with Gasteiger partial charge in [-0.1, -0.05) is 73.0 Å². The van der Waals surface area contributed by atoms with Crippen LogP contribution in [0, 0.1) is 11.8 Å². The van der Waals surface area contributed by atoms with Gasteiger partial charge in [-0.15, -0.1) is 0 Å². The molecule has 37 heavy (non-hydrogen) atoms. The van der Waals surface area contributed by atoms with E-state index in [9.17, 15) is 14.4 Å². The topological polar surface area (TPSA) is 87.7 Å². The molecule has 2 saturated carbocycles. The largest absolute Gasteiger partial charge is 0.359 e. The van der Waals surface area contributed by atoms with Crippen LogP contribution < -0.4 is 10.6 Å². The first-order valence-electron chi connectivity index (χ1n) is 14.0. The van der Waals surface area contributed by atoms with Crippen LogP contribution in [0.25, 0.3) is 0 Å². The van der Waals surface area contributed by atoms with Crippen LogP contribution in [0.3, 0.4) is 0 Å². The first kappa shape index (κ1) is 25.1. The van der Waals surface area contributed by atoms with Gasteiger partial charge in [0.05, 0.1) is 17.9 Å². The fourth-order valence-corrected chi connectivity index (χ4v) is 7.69. The van der Waals surface area contributed by atoms with Crippen LogP contribution in [0.15, 0.2) is 40.9 Å². The first-order valence-corrected chi connectivity index (χ1v) is 14.8. The van der Waals surface area contributed by atoms with Crippen molar-refractivity contribution in [2.75, 3.05) is 5.32 Å². The van der Waals surface area contributed by atoms with Gasteiger partial charge in [0.15, 0.2) is 0 Å². The van der Waals surface area contributed by atoms with Crippen LogP contribution in [0.4, 0.5) is 5.69 Å². The van der Waals surface area contributed by atoms with Crippen LogP contribution in [0.5, 0.6) is 0 Å². The van der Waals surface area contributed by atoms with Gasteiger partial charge in [0.2, 0.25) is 17.7 Å². The average Bonchev–Trinajstić information content (AvgIpc) is 3.44. The molecule has 2 N–H and O–H groups in total. The van der Waals surface area contributed by atoms with E-state index < -0.39 is 29.6 Å². The molecule has 0 radical (unpaired) electrons. The zero-order valence-corrected chi connectivity index (χ0v) is 22.8. The lowest BCUT2D eigenvalue weighted by molar-refractivity contribution is -0.144. The summed E-state index contributed by atoms with van der Waals surface area (Å²) in [7, 11) is 0. The van der Waals surface area contributed by atoms with E-state index in [-0.39, 0.29) is 29.8 Å². The predicted molar refractivity (Wildman–Crippen MR) is 144 cm³/mol. The van der Waals surface area contributed by atoms with Crippen molar-refractivity contribution in [1.82, 2.24) is 10.2 Å². The molecule has 2 saturated heterocycles. The summed E-state index contributed by atoms with van der Waals surface area (Å²) in [6.45, 7) is 0. The summed E-state index contributed by atoms with van der Waals surface area (Å²) in [5, 5.41) is 6.29. The molecule has 1 aromatic carbocycles. The molecule has 2 aliphatic carbocycles. The Labute approximate surface area is 226 Å². The number of halogens is 1. The molecule has 3 unspecified atom stereocenters. The van der Waals surface area contributed by atoms with Crippen molar-refractivity contribution in [3.8, 4) is 0 Å². The molecular formula is C29H36BrN3O4. The molecule has 8 heteroatoms. The zero-order valence-electron chi connectivity index (χ0n) is 21.2. The van der Waals surface area contributed by atoms with Gasteiger partial charge in [0.1, 0.15) is 11.6 Å². The van der Waals surface area contributed by atoms with E-state index in [1.807, 2.05) is 41.3 Å². The number of hydrogen-bond acceptors (Lipinski definition) is 4. The van der Waals surface area contributed by atoms with Gasteiger partial charge in [0.25, 0.3) is 0 Å². The maximum Gasteiger partial charge on any atom is 0.246 e. The smallest absolute Gasteiger partial charge is 0.246 e. The van der Waals surface area contributed by atoms with E-state index in [0.717, 1.165) is 68.7 Å². The molecule has 3 heterocycles. The SMILES string of the molecule is O=C(Nc1ccc(Br)cc1)C1[C@@H]2C=CC3(O2)C(C(=O)NC2CCCCC2)N(C2CCCCCC2)C(=O)[C@H]13. The lowest BCUT2D eigenvalue weighted by Gasteiger charge is -2.37. The Morgan fingerprint density at radius 3 is 2.27 bits per heavy atom. The molecule has 5 atom stereocenters. The van der Waals surface area contributed by atoms with Crippen LogP contribution in [-0.4, -0.2) is 52.5 Å². The van der Waals surface area contributed by atoms with Gasteiger partial charge >= 0.3 is 0 Å². The van der Waals surface area contributed by atoms with Gasteiger partial charge in [-0.05, 0) is 49.9 Å². The van der Waals surface area contributed by atoms with E-state index in [2.05, 4.69) is 26.6 Å². The number of ether oxygens (including phenoxy) is 1. The summed E-state index contributed by atoms with van der Waals surface area (Å²) >= 11 is 3.42. The second kappa shape index (κ2) is 10.2. The number of carbonyl (C=O) groups is 3. The number of amides is 3. The Hall–Kier alpha value is -2.19. The van der Waals surface area contributed by atoms with Gasteiger partial charge in [-0.2, -0.15) is 0 Å². The average molecular weight is 571 g/mol.